The van der Waals surface area contributed by atoms with Gasteiger partial charge in [-0.1, -0.05) is 51.9 Å². The van der Waals surface area contributed by atoms with Crippen molar-refractivity contribution in [3.8, 4) is 0 Å². The van der Waals surface area contributed by atoms with Crippen LogP contribution in [-0.2, 0) is 28.4 Å². The van der Waals surface area contributed by atoms with Crippen LogP contribution in [0.4, 0.5) is 0 Å². The Bertz CT molecular complexity index is 596. The van der Waals surface area contributed by atoms with Crippen molar-refractivity contribution in [2.45, 2.75) is 123 Å². The van der Waals surface area contributed by atoms with Crippen LogP contribution in [0.3, 0.4) is 0 Å². The Morgan fingerprint density at radius 2 is 1.11 bits per heavy atom. The number of rotatable bonds is 20. The summed E-state index contributed by atoms with van der Waals surface area (Å²) in [6, 6.07) is 0. The second-order valence-electron chi connectivity index (χ2n) is 8.71. The highest BCUT2D eigenvalue weighted by Crippen LogP contribution is 2.56. The normalized spacial score (nSPS) is 23.6. The summed E-state index contributed by atoms with van der Waals surface area (Å²) in [5.41, 5.74) is -1.49. The zero-order valence-electron chi connectivity index (χ0n) is 23.3. The van der Waals surface area contributed by atoms with Gasteiger partial charge in [0.2, 0.25) is 5.76 Å². The molecule has 0 spiro atoms. The molecule has 0 aliphatic heterocycles. The van der Waals surface area contributed by atoms with Gasteiger partial charge in [0, 0.05) is 33.0 Å². The Kier molecular flexibility index (Phi) is 14.7. The largest absolute Gasteiger partial charge is 0.506 e. The third-order valence-electron chi connectivity index (χ3n) is 6.46. The van der Waals surface area contributed by atoms with E-state index in [1.807, 2.05) is 34.6 Å². The number of hydrogen-bond acceptors (Lipinski definition) is 8. The molecule has 0 bridgehead atoms. The first-order valence-electron chi connectivity index (χ1n) is 13.8. The molecule has 0 aromatic carbocycles. The van der Waals surface area contributed by atoms with Gasteiger partial charge in [-0.15, -0.1) is 0 Å². The second-order valence-corrected chi connectivity index (χ2v) is 8.71. The smallest absolute Gasteiger partial charge is 0.290 e. The number of aliphatic hydroxyl groups excluding tert-OH is 2. The van der Waals surface area contributed by atoms with Crippen molar-refractivity contribution in [1.29, 1.82) is 0 Å². The van der Waals surface area contributed by atoms with Gasteiger partial charge in [-0.25, -0.2) is 0 Å². The first-order chi connectivity index (χ1) is 16.9. The highest BCUT2D eigenvalue weighted by molar-refractivity contribution is 5.33. The highest BCUT2D eigenvalue weighted by Gasteiger charge is 2.77. The van der Waals surface area contributed by atoms with Gasteiger partial charge < -0.3 is 38.6 Å². The molecule has 2 atom stereocenters. The van der Waals surface area contributed by atoms with E-state index in [0.717, 1.165) is 19.3 Å². The molecule has 0 aromatic heterocycles. The van der Waals surface area contributed by atoms with Crippen LogP contribution in [0.25, 0.3) is 0 Å². The van der Waals surface area contributed by atoms with Crippen molar-refractivity contribution in [2.75, 3.05) is 39.6 Å². The molecular formula is C27H52O8. The Balaban J connectivity index is 3.71. The maximum atomic E-state index is 11.7. The summed E-state index contributed by atoms with van der Waals surface area (Å²) in [6.07, 6.45) is 6.53. The maximum Gasteiger partial charge on any atom is 0.290 e. The molecule has 0 amide bonds. The van der Waals surface area contributed by atoms with E-state index in [2.05, 4.69) is 6.92 Å². The predicted molar refractivity (Wildman–Crippen MR) is 136 cm³/mol. The first-order valence-corrected chi connectivity index (χ1v) is 13.8. The minimum absolute atomic E-state index is 0.0343. The lowest BCUT2D eigenvalue weighted by atomic mass is 9.71. The minimum Gasteiger partial charge on any atom is -0.506 e. The molecule has 2 unspecified atom stereocenters. The third-order valence-corrected chi connectivity index (χ3v) is 6.46. The van der Waals surface area contributed by atoms with E-state index in [9.17, 15) is 10.2 Å². The summed E-state index contributed by atoms with van der Waals surface area (Å²) < 4.78 is 37.7. The Hall–Kier alpha value is -0.900. The van der Waals surface area contributed by atoms with Crippen molar-refractivity contribution in [1.82, 2.24) is 0 Å². The van der Waals surface area contributed by atoms with Crippen LogP contribution in [0.15, 0.2) is 11.5 Å². The number of ether oxygens (including phenoxy) is 6. The van der Waals surface area contributed by atoms with Gasteiger partial charge in [-0.3, -0.25) is 0 Å². The fourth-order valence-electron chi connectivity index (χ4n) is 5.24. The van der Waals surface area contributed by atoms with Crippen molar-refractivity contribution in [3.63, 3.8) is 0 Å². The molecule has 0 heterocycles. The Morgan fingerprint density at radius 3 is 1.57 bits per heavy atom. The standard InChI is InChI=1S/C27H52O8/c1-8-15-16-17-18-19-20-21-25(31-10-3)23(29)22(28)24(30-9-2)26(32-11-4,33-12-5)27(25,34-13-6)35-14-7/h23,28-29H,8-21H2,1-7H3. The first kappa shape index (κ1) is 32.1. The maximum absolute atomic E-state index is 11.7. The fraction of sp³-hybridized carbons (Fsp3) is 0.926. The van der Waals surface area contributed by atoms with E-state index < -0.39 is 23.3 Å². The van der Waals surface area contributed by atoms with Gasteiger partial charge in [-0.2, -0.15) is 0 Å². The topological polar surface area (TPSA) is 95.8 Å². The lowest BCUT2D eigenvalue weighted by molar-refractivity contribution is -0.465. The van der Waals surface area contributed by atoms with E-state index >= 15 is 0 Å². The molecular weight excluding hydrogens is 452 g/mol. The monoisotopic (exact) mass is 504 g/mol. The number of unbranched alkanes of at least 4 members (excludes halogenated alkanes) is 6. The average molecular weight is 505 g/mol. The van der Waals surface area contributed by atoms with Crippen LogP contribution >= 0.6 is 0 Å². The van der Waals surface area contributed by atoms with Crippen LogP contribution in [-0.4, -0.2) is 73.1 Å². The Morgan fingerprint density at radius 1 is 0.629 bits per heavy atom. The van der Waals surface area contributed by atoms with Crippen molar-refractivity contribution in [2.24, 2.45) is 0 Å². The van der Waals surface area contributed by atoms with Gasteiger partial charge >= 0.3 is 0 Å². The Labute approximate surface area is 213 Å². The summed E-state index contributed by atoms with van der Waals surface area (Å²) >= 11 is 0. The average Bonchev–Trinajstić information content (AvgIpc) is 2.84. The minimum atomic E-state index is -1.78. The van der Waals surface area contributed by atoms with Crippen molar-refractivity contribution >= 4 is 0 Å². The van der Waals surface area contributed by atoms with Crippen molar-refractivity contribution < 1.29 is 38.6 Å². The molecule has 8 nitrogen and oxygen atoms in total. The summed E-state index contributed by atoms with van der Waals surface area (Å²) in [5, 5.41) is 23.0. The van der Waals surface area contributed by atoms with E-state index in [1.165, 1.54) is 25.7 Å². The van der Waals surface area contributed by atoms with Gasteiger partial charge in [0.1, 0.15) is 6.10 Å². The zero-order valence-corrected chi connectivity index (χ0v) is 23.3. The van der Waals surface area contributed by atoms with Gasteiger partial charge in [0.25, 0.3) is 11.6 Å². The van der Waals surface area contributed by atoms with Gasteiger partial charge in [0.05, 0.1) is 6.61 Å². The molecule has 35 heavy (non-hydrogen) atoms. The molecule has 8 heteroatoms. The number of aliphatic hydroxyl groups is 2. The summed E-state index contributed by atoms with van der Waals surface area (Å²) in [5.74, 6) is -3.92. The molecule has 208 valence electrons. The molecule has 0 saturated heterocycles. The lowest BCUT2D eigenvalue weighted by Crippen LogP contribution is -2.79. The van der Waals surface area contributed by atoms with Gasteiger partial charge in [-0.05, 0) is 48.0 Å². The lowest BCUT2D eigenvalue weighted by Gasteiger charge is -2.60. The molecule has 1 aliphatic carbocycles. The van der Waals surface area contributed by atoms with E-state index in [1.54, 1.807) is 6.92 Å². The predicted octanol–water partition coefficient (Wildman–Crippen LogP) is 5.62. The van der Waals surface area contributed by atoms with Crippen LogP contribution in [0, 0.1) is 0 Å². The van der Waals surface area contributed by atoms with Crippen LogP contribution < -0.4 is 0 Å². The zero-order chi connectivity index (χ0) is 26.4. The quantitative estimate of drug-likeness (QED) is 0.163. The second kappa shape index (κ2) is 16.0. The molecule has 1 aliphatic rings. The van der Waals surface area contributed by atoms with E-state index in [4.69, 9.17) is 28.4 Å². The molecule has 2 N–H and O–H groups in total. The fourth-order valence-corrected chi connectivity index (χ4v) is 5.24. The van der Waals surface area contributed by atoms with Gasteiger partial charge in [0.15, 0.2) is 11.4 Å². The van der Waals surface area contributed by atoms with E-state index in [-0.39, 0.29) is 51.2 Å². The summed E-state index contributed by atoms with van der Waals surface area (Å²) in [6.45, 7) is 14.6. The summed E-state index contributed by atoms with van der Waals surface area (Å²) in [4.78, 5) is 0. The number of hydrogen-bond donors (Lipinski definition) is 2. The molecule has 0 saturated carbocycles. The summed E-state index contributed by atoms with van der Waals surface area (Å²) in [7, 11) is 0. The molecule has 0 aromatic rings. The molecule has 0 fully saturated rings. The third kappa shape index (κ3) is 6.51. The van der Waals surface area contributed by atoms with Crippen LogP contribution in [0.1, 0.15) is 99.8 Å². The highest BCUT2D eigenvalue weighted by atomic mass is 16.8. The molecule has 1 rings (SSSR count). The van der Waals surface area contributed by atoms with Crippen molar-refractivity contribution in [3.05, 3.63) is 11.5 Å². The SMILES string of the molecule is CCCCCCCCCC1(OCC)C(O)C(O)=C(OCC)C(OCC)(OCC)C1(OCC)OCC. The van der Waals surface area contributed by atoms with Crippen LogP contribution in [0.2, 0.25) is 0 Å². The van der Waals surface area contributed by atoms with E-state index in [0.29, 0.717) is 6.42 Å². The van der Waals surface area contributed by atoms with Crippen LogP contribution in [0.5, 0.6) is 0 Å². The molecule has 0 radical (unpaired) electrons.